The smallest absolute Gasteiger partial charge is 0.266 e. The second kappa shape index (κ2) is 10.1. The molecule has 2 heterocycles. The third-order valence-corrected chi connectivity index (χ3v) is 5.66. The van der Waals surface area contributed by atoms with Crippen molar-refractivity contribution in [1.82, 2.24) is 10.2 Å². The van der Waals surface area contributed by atoms with E-state index in [4.69, 9.17) is 16.6 Å². The van der Waals surface area contributed by atoms with Crippen molar-refractivity contribution in [2.24, 2.45) is 0 Å². The Morgan fingerprint density at radius 2 is 2.10 bits per heavy atom. The van der Waals surface area contributed by atoms with Crippen LogP contribution in [0.15, 0.2) is 58.1 Å². The van der Waals surface area contributed by atoms with Crippen LogP contribution in [0.25, 0.3) is 6.08 Å². The number of benzene rings is 1. The van der Waals surface area contributed by atoms with Crippen LogP contribution in [0.3, 0.4) is 0 Å². The standard InChI is InChI=1S/C21H20N2O5S2/c24-16-7-6-14(13-17(16)25)8-10-22-19(26)9-11-23-20(27)18(30-21(23)29)5-1-3-15-4-2-12-28-15/h1-7,12-13,24-25H,8-11H2,(H,22,26). The van der Waals surface area contributed by atoms with E-state index in [0.717, 1.165) is 5.56 Å². The molecule has 7 nitrogen and oxygen atoms in total. The highest BCUT2D eigenvalue weighted by Gasteiger charge is 2.31. The summed E-state index contributed by atoms with van der Waals surface area (Å²) in [6, 6.07) is 8.11. The summed E-state index contributed by atoms with van der Waals surface area (Å²) < 4.78 is 5.61. The summed E-state index contributed by atoms with van der Waals surface area (Å²) >= 11 is 6.46. The number of allylic oxidation sites excluding steroid dienone is 2. The molecule has 0 saturated carbocycles. The van der Waals surface area contributed by atoms with Gasteiger partial charge in [0.15, 0.2) is 11.5 Å². The van der Waals surface area contributed by atoms with Crippen LogP contribution in [-0.2, 0) is 16.0 Å². The van der Waals surface area contributed by atoms with Crippen molar-refractivity contribution in [3.63, 3.8) is 0 Å². The number of hydrogen-bond acceptors (Lipinski definition) is 7. The molecule has 1 aliphatic heterocycles. The summed E-state index contributed by atoms with van der Waals surface area (Å²) in [5.74, 6) is -0.117. The molecule has 0 radical (unpaired) electrons. The quantitative estimate of drug-likeness (QED) is 0.326. The molecule has 9 heteroatoms. The van der Waals surface area contributed by atoms with Gasteiger partial charge in [-0.25, -0.2) is 0 Å². The lowest BCUT2D eigenvalue weighted by Crippen LogP contribution is -2.34. The van der Waals surface area contributed by atoms with Crippen molar-refractivity contribution in [1.29, 1.82) is 0 Å². The molecule has 30 heavy (non-hydrogen) atoms. The van der Waals surface area contributed by atoms with Gasteiger partial charge in [0.2, 0.25) is 5.91 Å². The fourth-order valence-corrected chi connectivity index (χ4v) is 3.96. The zero-order valence-electron chi connectivity index (χ0n) is 15.9. The summed E-state index contributed by atoms with van der Waals surface area (Å²) in [4.78, 5) is 26.5. The monoisotopic (exact) mass is 444 g/mol. The Morgan fingerprint density at radius 3 is 2.83 bits per heavy atom. The minimum Gasteiger partial charge on any atom is -0.504 e. The number of hydrogen-bond donors (Lipinski definition) is 3. The summed E-state index contributed by atoms with van der Waals surface area (Å²) in [7, 11) is 0. The molecule has 0 bridgehead atoms. The van der Waals surface area contributed by atoms with Gasteiger partial charge in [-0.3, -0.25) is 14.5 Å². The van der Waals surface area contributed by atoms with Gasteiger partial charge in [-0.05, 0) is 48.4 Å². The number of rotatable bonds is 8. The Kier molecular flexibility index (Phi) is 7.31. The van der Waals surface area contributed by atoms with Gasteiger partial charge < -0.3 is 19.9 Å². The predicted molar refractivity (Wildman–Crippen MR) is 119 cm³/mol. The molecule has 1 aromatic heterocycles. The zero-order valence-corrected chi connectivity index (χ0v) is 17.5. The van der Waals surface area contributed by atoms with Gasteiger partial charge in [-0.1, -0.05) is 36.1 Å². The van der Waals surface area contributed by atoms with Crippen LogP contribution in [0.4, 0.5) is 0 Å². The highest BCUT2D eigenvalue weighted by atomic mass is 32.2. The number of carbonyl (C=O) groups excluding carboxylic acids is 2. The zero-order chi connectivity index (χ0) is 21.5. The Hall–Kier alpha value is -3.04. The number of aromatic hydroxyl groups is 2. The van der Waals surface area contributed by atoms with Gasteiger partial charge in [-0.15, -0.1) is 0 Å². The highest BCUT2D eigenvalue weighted by Crippen LogP contribution is 2.31. The van der Waals surface area contributed by atoms with Crippen molar-refractivity contribution >= 4 is 46.2 Å². The van der Waals surface area contributed by atoms with E-state index in [2.05, 4.69) is 5.32 Å². The normalized spacial score (nSPS) is 15.5. The van der Waals surface area contributed by atoms with Crippen molar-refractivity contribution in [3.05, 3.63) is 65.0 Å². The lowest BCUT2D eigenvalue weighted by molar-refractivity contribution is -0.123. The van der Waals surface area contributed by atoms with Crippen LogP contribution < -0.4 is 5.32 Å². The van der Waals surface area contributed by atoms with Crippen LogP contribution in [0.2, 0.25) is 0 Å². The number of thioether (sulfide) groups is 1. The van der Waals surface area contributed by atoms with Gasteiger partial charge >= 0.3 is 0 Å². The first kappa shape index (κ1) is 21.7. The lowest BCUT2D eigenvalue weighted by Gasteiger charge is -2.14. The highest BCUT2D eigenvalue weighted by molar-refractivity contribution is 8.26. The summed E-state index contributed by atoms with van der Waals surface area (Å²) in [6.45, 7) is 0.578. The summed E-state index contributed by atoms with van der Waals surface area (Å²) in [6.07, 6.45) is 7.34. The summed E-state index contributed by atoms with van der Waals surface area (Å²) in [5.41, 5.74) is 0.787. The average Bonchev–Trinajstić information content (AvgIpc) is 3.32. The number of nitrogens with zero attached hydrogens (tertiary/aromatic N) is 1. The maximum absolute atomic E-state index is 12.5. The lowest BCUT2D eigenvalue weighted by atomic mass is 10.1. The minimum atomic E-state index is -0.221. The van der Waals surface area contributed by atoms with Crippen molar-refractivity contribution in [3.8, 4) is 11.5 Å². The molecule has 156 valence electrons. The molecule has 0 aliphatic carbocycles. The molecule has 2 aromatic rings. The number of phenolic OH excluding ortho intramolecular Hbond substituents is 2. The van der Waals surface area contributed by atoms with Crippen molar-refractivity contribution < 1.29 is 24.2 Å². The summed E-state index contributed by atoms with van der Waals surface area (Å²) in [5, 5.41) is 21.6. The van der Waals surface area contributed by atoms with E-state index in [1.54, 1.807) is 42.7 Å². The van der Waals surface area contributed by atoms with Crippen LogP contribution in [-0.4, -0.2) is 44.3 Å². The number of phenols is 2. The molecule has 1 saturated heterocycles. The molecule has 0 unspecified atom stereocenters. The first-order valence-electron chi connectivity index (χ1n) is 9.17. The van der Waals surface area contributed by atoms with Crippen LogP contribution in [0.5, 0.6) is 11.5 Å². The van der Waals surface area contributed by atoms with Gasteiger partial charge in [0.25, 0.3) is 5.91 Å². The van der Waals surface area contributed by atoms with Crippen LogP contribution in [0.1, 0.15) is 17.7 Å². The van der Waals surface area contributed by atoms with E-state index >= 15 is 0 Å². The van der Waals surface area contributed by atoms with Gasteiger partial charge in [-0.2, -0.15) is 0 Å². The molecule has 3 N–H and O–H groups in total. The Balaban J connectivity index is 1.44. The Bertz CT molecular complexity index is 999. The number of carbonyl (C=O) groups is 2. The van der Waals surface area contributed by atoms with E-state index < -0.39 is 0 Å². The fourth-order valence-electron chi connectivity index (χ4n) is 2.70. The molecular weight excluding hydrogens is 424 g/mol. The average molecular weight is 445 g/mol. The minimum absolute atomic E-state index is 0.128. The van der Waals surface area contributed by atoms with Crippen molar-refractivity contribution in [2.75, 3.05) is 13.1 Å². The molecule has 1 aliphatic rings. The van der Waals surface area contributed by atoms with Crippen LogP contribution in [0, 0.1) is 0 Å². The van der Waals surface area contributed by atoms with E-state index in [9.17, 15) is 19.8 Å². The van der Waals surface area contributed by atoms with E-state index in [1.165, 1.54) is 28.8 Å². The van der Waals surface area contributed by atoms with E-state index in [0.29, 0.717) is 28.0 Å². The Labute approximate surface area is 183 Å². The van der Waals surface area contributed by atoms with Crippen molar-refractivity contribution in [2.45, 2.75) is 12.8 Å². The van der Waals surface area contributed by atoms with Gasteiger partial charge in [0, 0.05) is 19.5 Å². The number of furan rings is 1. The maximum Gasteiger partial charge on any atom is 0.266 e. The Morgan fingerprint density at radius 1 is 1.27 bits per heavy atom. The van der Waals surface area contributed by atoms with E-state index in [-0.39, 0.29) is 36.3 Å². The SMILES string of the molecule is O=C(CCN1C(=O)C(=CC=Cc2ccco2)SC1=S)NCCc1ccc(O)c(O)c1. The topological polar surface area (TPSA) is 103 Å². The predicted octanol–water partition coefficient (Wildman–Crippen LogP) is 3.20. The van der Waals surface area contributed by atoms with Crippen LogP contribution >= 0.6 is 24.0 Å². The molecule has 1 aromatic carbocycles. The largest absolute Gasteiger partial charge is 0.504 e. The van der Waals surface area contributed by atoms with E-state index in [1.807, 2.05) is 0 Å². The molecule has 1 fully saturated rings. The number of thiocarbonyl (C=S) groups is 1. The molecule has 2 amide bonds. The first-order valence-corrected chi connectivity index (χ1v) is 10.4. The third-order valence-electron chi connectivity index (χ3n) is 4.26. The van der Waals surface area contributed by atoms with Gasteiger partial charge in [0.05, 0.1) is 11.2 Å². The molecular formula is C21H20N2O5S2. The number of amides is 2. The second-order valence-electron chi connectivity index (χ2n) is 6.40. The second-order valence-corrected chi connectivity index (χ2v) is 8.08. The fraction of sp³-hybridized carbons (Fsp3) is 0.190. The van der Waals surface area contributed by atoms with Gasteiger partial charge in [0.1, 0.15) is 10.1 Å². The molecule has 0 atom stereocenters. The first-order chi connectivity index (χ1) is 14.4. The third kappa shape index (κ3) is 5.74. The maximum atomic E-state index is 12.5. The number of nitrogens with one attached hydrogen (secondary N) is 1. The molecule has 3 rings (SSSR count). The molecule has 0 spiro atoms.